The summed E-state index contributed by atoms with van der Waals surface area (Å²) in [5, 5.41) is 12.6. The van der Waals surface area contributed by atoms with E-state index in [0.717, 1.165) is 46.8 Å². The van der Waals surface area contributed by atoms with Crippen LogP contribution in [0.1, 0.15) is 42.4 Å². The summed E-state index contributed by atoms with van der Waals surface area (Å²) in [6, 6.07) is 26.0. The molecule has 39 heavy (non-hydrogen) atoms. The Morgan fingerprint density at radius 3 is 2.03 bits per heavy atom. The minimum Gasteiger partial charge on any atom is -0.497 e. The number of benzene rings is 3. The zero-order chi connectivity index (χ0) is 27.4. The Balaban J connectivity index is 1.62. The second kappa shape index (κ2) is 11.6. The molecule has 5 rings (SSSR count). The van der Waals surface area contributed by atoms with E-state index in [4.69, 9.17) is 14.6 Å². The van der Waals surface area contributed by atoms with Crippen LogP contribution in [0.3, 0.4) is 0 Å². The number of rotatable bonds is 11. The van der Waals surface area contributed by atoms with E-state index in [2.05, 4.69) is 17.4 Å². The van der Waals surface area contributed by atoms with Crippen molar-refractivity contribution in [3.05, 3.63) is 95.6 Å². The molecule has 0 aromatic heterocycles. The highest BCUT2D eigenvalue weighted by Crippen LogP contribution is 2.49. The lowest BCUT2D eigenvalue weighted by Gasteiger charge is -2.45. The van der Waals surface area contributed by atoms with Gasteiger partial charge in [-0.1, -0.05) is 61.0 Å². The Bertz CT molecular complexity index is 1240. The number of methoxy groups -OCH3 is 2. The number of thioether (sulfide) groups is 1. The monoisotopic (exact) mass is 546 g/mol. The molecule has 0 aliphatic carbocycles. The van der Waals surface area contributed by atoms with Crippen LogP contribution in [0.2, 0.25) is 0 Å². The number of amides is 2. The van der Waals surface area contributed by atoms with Crippen molar-refractivity contribution in [1.82, 2.24) is 10.2 Å². The van der Waals surface area contributed by atoms with Gasteiger partial charge in [0, 0.05) is 17.4 Å². The third-order valence-corrected chi connectivity index (χ3v) is 9.33. The van der Waals surface area contributed by atoms with Crippen molar-refractivity contribution in [2.45, 2.75) is 48.6 Å². The topological polar surface area (TPSA) is 88.1 Å². The Hall–Kier alpha value is -3.65. The number of carbonyl (C=O) groups excluding carboxylic acids is 1. The molecule has 0 bridgehead atoms. The molecule has 7 nitrogen and oxygen atoms in total. The zero-order valence-corrected chi connectivity index (χ0v) is 23.0. The Morgan fingerprint density at radius 2 is 1.49 bits per heavy atom. The maximum absolute atomic E-state index is 14.0. The minimum atomic E-state index is -0.901. The summed E-state index contributed by atoms with van der Waals surface area (Å²) in [7, 11) is 3.29. The lowest BCUT2D eigenvalue weighted by molar-refractivity contribution is -0.137. The van der Waals surface area contributed by atoms with E-state index in [9.17, 15) is 9.59 Å². The van der Waals surface area contributed by atoms with Crippen molar-refractivity contribution < 1.29 is 24.2 Å². The van der Waals surface area contributed by atoms with Crippen molar-refractivity contribution >= 4 is 23.8 Å². The largest absolute Gasteiger partial charge is 0.497 e. The highest BCUT2D eigenvalue weighted by Gasteiger charge is 2.57. The number of aliphatic carboxylic acids is 1. The van der Waals surface area contributed by atoms with Crippen LogP contribution in [0.15, 0.2) is 78.9 Å². The van der Waals surface area contributed by atoms with Gasteiger partial charge in [-0.3, -0.25) is 4.79 Å². The molecule has 3 aromatic carbocycles. The van der Waals surface area contributed by atoms with Crippen LogP contribution < -0.4 is 14.8 Å². The lowest BCUT2D eigenvalue weighted by atomic mass is 9.74. The van der Waals surface area contributed by atoms with Gasteiger partial charge in [-0.15, -0.1) is 0 Å². The summed E-state index contributed by atoms with van der Waals surface area (Å²) in [4.78, 5) is 27.1. The van der Waals surface area contributed by atoms with Crippen molar-refractivity contribution in [3.8, 4) is 11.5 Å². The van der Waals surface area contributed by atoms with Crippen LogP contribution in [-0.2, 0) is 10.3 Å². The number of unbranched alkanes of at least 4 members (excludes halogenated alkanes) is 1. The number of fused-ring (bicyclic) bond motifs is 1. The number of nitrogens with zero attached hydrogens (tertiary/aromatic N) is 1. The first-order chi connectivity index (χ1) is 19.0. The number of hydrogen-bond acceptors (Lipinski definition) is 5. The van der Waals surface area contributed by atoms with E-state index in [0.29, 0.717) is 6.42 Å². The van der Waals surface area contributed by atoms with Crippen LogP contribution in [0.25, 0.3) is 0 Å². The fourth-order valence-electron chi connectivity index (χ4n) is 6.01. The molecule has 3 unspecified atom stereocenters. The van der Waals surface area contributed by atoms with Gasteiger partial charge >= 0.3 is 12.0 Å². The molecule has 0 radical (unpaired) electrons. The maximum Gasteiger partial charge on any atom is 0.319 e. The summed E-state index contributed by atoms with van der Waals surface area (Å²) >= 11 is 1.87. The van der Waals surface area contributed by atoms with Crippen LogP contribution in [0, 0.1) is 0 Å². The SMILES string of the molecule is COc1ccc(C(c2ccccc2)(c2ccc(OC)cc2)N2C(=O)NC3C(CCCCC(=O)O)SCC32)cc1. The summed E-state index contributed by atoms with van der Waals surface area (Å²) in [6.07, 6.45) is 2.52. The van der Waals surface area contributed by atoms with Gasteiger partial charge in [0.25, 0.3) is 0 Å². The summed E-state index contributed by atoms with van der Waals surface area (Å²) < 4.78 is 10.9. The predicted molar refractivity (Wildman–Crippen MR) is 153 cm³/mol. The molecule has 2 saturated heterocycles. The standard InChI is InChI=1S/C31H34N2O5S/c1-37-24-16-12-22(13-17-24)31(21-8-4-3-5-9-21,23-14-18-25(38-2)19-15-23)33-26-20-39-27(29(26)32-30(33)36)10-6-7-11-28(34)35/h3-5,8-9,12-19,26-27,29H,6-7,10-11,20H2,1-2H3,(H,32,36)(H,34,35). The molecule has 2 heterocycles. The van der Waals surface area contributed by atoms with Crippen molar-refractivity contribution in [3.63, 3.8) is 0 Å². The van der Waals surface area contributed by atoms with E-state index < -0.39 is 11.5 Å². The average molecular weight is 547 g/mol. The zero-order valence-electron chi connectivity index (χ0n) is 22.2. The third kappa shape index (κ3) is 5.05. The molecule has 204 valence electrons. The van der Waals surface area contributed by atoms with E-state index in [1.807, 2.05) is 83.4 Å². The smallest absolute Gasteiger partial charge is 0.319 e. The highest BCUT2D eigenvalue weighted by molar-refractivity contribution is 8.00. The number of carboxylic acids is 1. The number of hydrogen-bond donors (Lipinski definition) is 2. The molecule has 3 atom stereocenters. The van der Waals surface area contributed by atoms with E-state index >= 15 is 0 Å². The Labute approximate surface area is 233 Å². The summed E-state index contributed by atoms with van der Waals surface area (Å²) in [5.41, 5.74) is 2.02. The Morgan fingerprint density at radius 1 is 0.923 bits per heavy atom. The van der Waals surface area contributed by atoms with Crippen molar-refractivity contribution in [1.29, 1.82) is 0 Å². The fraction of sp³-hybridized carbons (Fsp3) is 0.355. The van der Waals surface area contributed by atoms with Gasteiger partial charge in [-0.05, 0) is 53.8 Å². The quantitative estimate of drug-likeness (QED) is 0.187. The van der Waals surface area contributed by atoms with Crippen molar-refractivity contribution in [2.24, 2.45) is 0 Å². The van der Waals surface area contributed by atoms with Gasteiger partial charge in [-0.2, -0.15) is 11.8 Å². The molecule has 3 aromatic rings. The highest BCUT2D eigenvalue weighted by atomic mass is 32.2. The third-order valence-electron chi connectivity index (χ3n) is 7.83. The van der Waals surface area contributed by atoms with Crippen molar-refractivity contribution in [2.75, 3.05) is 20.0 Å². The molecule has 2 amide bonds. The molecule has 8 heteroatoms. The number of carbonyl (C=O) groups is 2. The number of ether oxygens (including phenoxy) is 2. The summed E-state index contributed by atoms with van der Waals surface area (Å²) in [5.74, 6) is 1.53. The number of nitrogens with one attached hydrogen (secondary N) is 1. The van der Waals surface area contributed by atoms with Gasteiger partial charge < -0.3 is 24.8 Å². The fourth-order valence-corrected chi connectivity index (χ4v) is 7.60. The lowest BCUT2D eigenvalue weighted by Crippen LogP contribution is -2.53. The van der Waals surface area contributed by atoms with Gasteiger partial charge in [-0.25, -0.2) is 4.79 Å². The summed E-state index contributed by atoms with van der Waals surface area (Å²) in [6.45, 7) is 0. The van der Waals surface area contributed by atoms with Gasteiger partial charge in [0.2, 0.25) is 0 Å². The molecular formula is C31H34N2O5S. The predicted octanol–water partition coefficient (Wildman–Crippen LogP) is 5.52. The molecule has 2 aliphatic heterocycles. The molecular weight excluding hydrogens is 512 g/mol. The van der Waals surface area contributed by atoms with E-state index in [-0.39, 0.29) is 29.8 Å². The molecule has 0 saturated carbocycles. The van der Waals surface area contributed by atoms with Gasteiger partial charge in [0.1, 0.15) is 17.0 Å². The van der Waals surface area contributed by atoms with Crippen LogP contribution >= 0.6 is 11.8 Å². The maximum atomic E-state index is 14.0. The Kier molecular flexibility index (Phi) is 8.02. The first kappa shape index (κ1) is 26.9. The van der Waals surface area contributed by atoms with Crippen LogP contribution in [-0.4, -0.2) is 59.3 Å². The van der Waals surface area contributed by atoms with E-state index in [1.54, 1.807) is 14.2 Å². The van der Waals surface area contributed by atoms with E-state index in [1.165, 1.54) is 0 Å². The second-order valence-electron chi connectivity index (χ2n) is 9.96. The second-order valence-corrected chi connectivity index (χ2v) is 11.2. The molecule has 2 fully saturated rings. The molecule has 2 aliphatic rings. The first-order valence-electron chi connectivity index (χ1n) is 13.3. The molecule has 0 spiro atoms. The van der Waals surface area contributed by atoms with Crippen LogP contribution in [0.5, 0.6) is 11.5 Å². The first-order valence-corrected chi connectivity index (χ1v) is 14.3. The van der Waals surface area contributed by atoms with Gasteiger partial charge in [0.05, 0.1) is 26.3 Å². The average Bonchev–Trinajstić information content (AvgIpc) is 3.51. The number of urea groups is 1. The number of carboxylic acid groups (broad SMARTS) is 1. The van der Waals surface area contributed by atoms with Crippen LogP contribution in [0.4, 0.5) is 4.79 Å². The normalized spacial score (nSPS) is 20.4. The molecule has 2 N–H and O–H groups in total. The van der Waals surface area contributed by atoms with Gasteiger partial charge in [0.15, 0.2) is 0 Å². The minimum absolute atomic E-state index is 0.0214.